The van der Waals surface area contributed by atoms with Gasteiger partial charge in [0.2, 0.25) is 5.91 Å². The lowest BCUT2D eigenvalue weighted by Gasteiger charge is -2.12. The largest absolute Gasteiger partial charge is 0.351 e. The van der Waals surface area contributed by atoms with Crippen molar-refractivity contribution in [3.63, 3.8) is 0 Å². The standard InChI is InChI=1S/C13H12N2O3/c14-13(18)15-9-4-2-1-3-8(9)10(12(15)17)11(16)7-5-6-7/h1-4,7,10H,5-6H2,(H2,14,18). The summed E-state index contributed by atoms with van der Waals surface area (Å²) in [6.45, 7) is 0. The van der Waals surface area contributed by atoms with Gasteiger partial charge in [0.1, 0.15) is 5.92 Å². The third kappa shape index (κ3) is 1.44. The van der Waals surface area contributed by atoms with Crippen molar-refractivity contribution >= 4 is 23.4 Å². The Bertz CT molecular complexity index is 563. The summed E-state index contributed by atoms with van der Waals surface area (Å²) in [6, 6.07) is 5.98. The van der Waals surface area contributed by atoms with Crippen molar-refractivity contribution in [2.24, 2.45) is 11.7 Å². The molecule has 0 radical (unpaired) electrons. The Hall–Kier alpha value is -2.17. The zero-order valence-electron chi connectivity index (χ0n) is 9.63. The highest BCUT2D eigenvalue weighted by molar-refractivity contribution is 6.27. The third-order valence-electron chi connectivity index (χ3n) is 3.44. The number of anilines is 1. The number of carbonyl (C=O) groups excluding carboxylic acids is 3. The molecule has 92 valence electrons. The molecule has 1 aromatic carbocycles. The molecule has 0 spiro atoms. The zero-order valence-corrected chi connectivity index (χ0v) is 9.63. The van der Waals surface area contributed by atoms with Crippen LogP contribution in [0.5, 0.6) is 0 Å². The lowest BCUT2D eigenvalue weighted by molar-refractivity contribution is -0.128. The van der Waals surface area contributed by atoms with Gasteiger partial charge in [0.25, 0.3) is 0 Å². The number of nitrogens with zero attached hydrogens (tertiary/aromatic N) is 1. The van der Waals surface area contributed by atoms with Crippen LogP contribution in [-0.4, -0.2) is 17.7 Å². The molecular formula is C13H12N2O3. The van der Waals surface area contributed by atoms with E-state index in [0.29, 0.717) is 11.3 Å². The van der Waals surface area contributed by atoms with E-state index in [9.17, 15) is 14.4 Å². The van der Waals surface area contributed by atoms with Crippen LogP contribution >= 0.6 is 0 Å². The van der Waals surface area contributed by atoms with E-state index in [1.54, 1.807) is 24.3 Å². The number of benzene rings is 1. The van der Waals surface area contributed by atoms with Crippen LogP contribution < -0.4 is 10.6 Å². The van der Waals surface area contributed by atoms with E-state index < -0.39 is 17.9 Å². The summed E-state index contributed by atoms with van der Waals surface area (Å²) in [5.74, 6) is -1.47. The van der Waals surface area contributed by atoms with E-state index in [0.717, 1.165) is 17.7 Å². The molecule has 0 bridgehead atoms. The van der Waals surface area contributed by atoms with E-state index in [2.05, 4.69) is 0 Å². The molecule has 1 aliphatic carbocycles. The molecule has 2 N–H and O–H groups in total. The van der Waals surface area contributed by atoms with Crippen molar-refractivity contribution in [3.05, 3.63) is 29.8 Å². The van der Waals surface area contributed by atoms with Gasteiger partial charge in [-0.3, -0.25) is 9.59 Å². The smallest absolute Gasteiger partial charge is 0.326 e. The van der Waals surface area contributed by atoms with Gasteiger partial charge in [-0.25, -0.2) is 9.69 Å². The van der Waals surface area contributed by atoms with Gasteiger partial charge < -0.3 is 5.73 Å². The molecule has 0 saturated heterocycles. The molecule has 1 aromatic rings. The summed E-state index contributed by atoms with van der Waals surface area (Å²) in [4.78, 5) is 36.6. The summed E-state index contributed by atoms with van der Waals surface area (Å²) in [5, 5.41) is 0. The number of rotatable bonds is 2. The normalized spacial score (nSPS) is 21.9. The van der Waals surface area contributed by atoms with E-state index in [4.69, 9.17) is 5.73 Å². The van der Waals surface area contributed by atoms with Crippen LogP contribution in [0, 0.1) is 5.92 Å². The zero-order chi connectivity index (χ0) is 12.9. The molecule has 18 heavy (non-hydrogen) atoms. The van der Waals surface area contributed by atoms with Crippen LogP contribution in [0.1, 0.15) is 24.3 Å². The summed E-state index contributed by atoms with van der Waals surface area (Å²) in [5.41, 5.74) is 6.25. The molecule has 1 unspecified atom stereocenters. The lowest BCUT2D eigenvalue weighted by Crippen LogP contribution is -2.40. The Morgan fingerprint density at radius 3 is 2.50 bits per heavy atom. The van der Waals surface area contributed by atoms with Crippen LogP contribution in [0.2, 0.25) is 0 Å². The molecule has 1 heterocycles. The number of para-hydroxylation sites is 1. The quantitative estimate of drug-likeness (QED) is 0.793. The summed E-state index contributed by atoms with van der Waals surface area (Å²) in [7, 11) is 0. The minimum absolute atomic E-state index is 0.0279. The average molecular weight is 244 g/mol. The summed E-state index contributed by atoms with van der Waals surface area (Å²) < 4.78 is 0. The Balaban J connectivity index is 2.08. The van der Waals surface area contributed by atoms with E-state index >= 15 is 0 Å². The van der Waals surface area contributed by atoms with Crippen molar-refractivity contribution in [1.29, 1.82) is 0 Å². The van der Waals surface area contributed by atoms with E-state index in [1.807, 2.05) is 0 Å². The number of nitrogens with two attached hydrogens (primary N) is 1. The number of fused-ring (bicyclic) bond motifs is 1. The first-order valence-corrected chi connectivity index (χ1v) is 5.87. The van der Waals surface area contributed by atoms with Crippen LogP contribution in [0.3, 0.4) is 0 Å². The lowest BCUT2D eigenvalue weighted by atomic mass is 9.93. The van der Waals surface area contributed by atoms with Crippen LogP contribution in [-0.2, 0) is 9.59 Å². The minimum atomic E-state index is -0.846. The first-order chi connectivity index (χ1) is 8.61. The Morgan fingerprint density at radius 2 is 1.89 bits per heavy atom. The maximum Gasteiger partial charge on any atom is 0.326 e. The average Bonchev–Trinajstić information content (AvgIpc) is 3.11. The third-order valence-corrected chi connectivity index (χ3v) is 3.44. The van der Waals surface area contributed by atoms with Gasteiger partial charge in [0, 0.05) is 5.92 Å². The second-order valence-electron chi connectivity index (χ2n) is 4.68. The SMILES string of the molecule is NC(=O)N1C(=O)C(C(=O)C2CC2)c2ccccc21. The summed E-state index contributed by atoms with van der Waals surface area (Å²) >= 11 is 0. The highest BCUT2D eigenvalue weighted by Gasteiger charge is 2.47. The fraction of sp³-hybridized carbons (Fsp3) is 0.308. The number of ketones is 1. The van der Waals surface area contributed by atoms with Crippen molar-refractivity contribution in [3.8, 4) is 0 Å². The van der Waals surface area contributed by atoms with Crippen molar-refractivity contribution in [2.75, 3.05) is 4.90 Å². The molecular weight excluding hydrogens is 232 g/mol. The first-order valence-electron chi connectivity index (χ1n) is 5.87. The minimum Gasteiger partial charge on any atom is -0.351 e. The van der Waals surface area contributed by atoms with Crippen molar-refractivity contribution < 1.29 is 14.4 Å². The highest BCUT2D eigenvalue weighted by atomic mass is 16.2. The van der Waals surface area contributed by atoms with Crippen molar-refractivity contribution in [1.82, 2.24) is 0 Å². The number of urea groups is 1. The van der Waals surface area contributed by atoms with Crippen LogP contribution in [0.25, 0.3) is 0 Å². The Kier molecular flexibility index (Phi) is 2.23. The van der Waals surface area contributed by atoms with E-state index in [1.165, 1.54) is 0 Å². The monoisotopic (exact) mass is 244 g/mol. The van der Waals surface area contributed by atoms with Gasteiger partial charge in [-0.05, 0) is 24.5 Å². The molecule has 5 nitrogen and oxygen atoms in total. The van der Waals surface area contributed by atoms with Crippen molar-refractivity contribution in [2.45, 2.75) is 18.8 Å². The maximum atomic E-state index is 12.2. The fourth-order valence-electron chi connectivity index (χ4n) is 2.42. The molecule has 0 aromatic heterocycles. The number of amides is 3. The number of hydrogen-bond acceptors (Lipinski definition) is 3. The maximum absolute atomic E-state index is 12.2. The van der Waals surface area contributed by atoms with Crippen LogP contribution in [0.4, 0.5) is 10.5 Å². The molecule has 3 rings (SSSR count). The molecule has 1 atom stereocenters. The topological polar surface area (TPSA) is 80.5 Å². The number of hydrogen-bond donors (Lipinski definition) is 1. The Labute approximate surface area is 104 Å². The predicted molar refractivity (Wildman–Crippen MR) is 64.0 cm³/mol. The van der Waals surface area contributed by atoms with Crippen LogP contribution in [0.15, 0.2) is 24.3 Å². The van der Waals surface area contributed by atoms with Gasteiger partial charge in [-0.15, -0.1) is 0 Å². The second-order valence-corrected chi connectivity index (χ2v) is 4.68. The molecule has 1 fully saturated rings. The number of primary amides is 1. The first kappa shape index (κ1) is 11.0. The highest BCUT2D eigenvalue weighted by Crippen LogP contribution is 2.43. The van der Waals surface area contributed by atoms with Gasteiger partial charge in [-0.1, -0.05) is 18.2 Å². The molecule has 5 heteroatoms. The number of Topliss-reactive ketones (excluding diaryl/α,β-unsaturated/α-hetero) is 1. The Morgan fingerprint density at radius 1 is 1.22 bits per heavy atom. The molecule has 1 saturated carbocycles. The molecule has 3 amide bonds. The van der Waals surface area contributed by atoms with Gasteiger partial charge in [-0.2, -0.15) is 0 Å². The molecule has 2 aliphatic rings. The second kappa shape index (κ2) is 3.66. The van der Waals surface area contributed by atoms with Gasteiger partial charge >= 0.3 is 6.03 Å². The number of carbonyl (C=O) groups is 3. The van der Waals surface area contributed by atoms with Gasteiger partial charge in [0.05, 0.1) is 5.69 Å². The predicted octanol–water partition coefficient (Wildman–Crippen LogP) is 1.17. The van der Waals surface area contributed by atoms with E-state index in [-0.39, 0.29) is 11.7 Å². The number of imide groups is 1. The molecule has 1 aliphatic heterocycles. The van der Waals surface area contributed by atoms with Gasteiger partial charge in [0.15, 0.2) is 5.78 Å². The fourth-order valence-corrected chi connectivity index (χ4v) is 2.42. The summed E-state index contributed by atoms with van der Waals surface area (Å²) in [6.07, 6.45) is 1.67.